The largest absolute Gasteiger partial charge is 0.296 e. The summed E-state index contributed by atoms with van der Waals surface area (Å²) in [5.41, 5.74) is 0.997. The van der Waals surface area contributed by atoms with Gasteiger partial charge in [0.25, 0.3) is 0 Å². The molecule has 106 valence electrons. The second kappa shape index (κ2) is 5.53. The molecule has 4 nitrogen and oxygen atoms in total. The Morgan fingerprint density at radius 1 is 1.14 bits per heavy atom. The number of nitrogens with zero attached hydrogens (tertiary/aromatic N) is 3. The fraction of sp³-hybridized carbons (Fsp3) is 0.0714. The van der Waals surface area contributed by atoms with E-state index in [0.717, 1.165) is 23.8 Å². The average Bonchev–Trinajstić information content (AvgIpc) is 2.85. The van der Waals surface area contributed by atoms with Gasteiger partial charge in [-0.25, -0.2) is 8.78 Å². The van der Waals surface area contributed by atoms with Gasteiger partial charge in [0.15, 0.2) is 10.6 Å². The first kappa shape index (κ1) is 13.6. The molecule has 2 aromatic heterocycles. The maximum absolute atomic E-state index is 13.8. The second-order valence-electron chi connectivity index (χ2n) is 4.41. The summed E-state index contributed by atoms with van der Waals surface area (Å²) in [7, 11) is 0. The van der Waals surface area contributed by atoms with Crippen LogP contribution in [-0.2, 0) is 6.54 Å². The fourth-order valence-electron chi connectivity index (χ4n) is 2.02. The minimum Gasteiger partial charge on any atom is -0.296 e. The molecule has 0 atom stereocenters. The van der Waals surface area contributed by atoms with Gasteiger partial charge in [-0.3, -0.25) is 14.6 Å². The Balaban J connectivity index is 2.06. The van der Waals surface area contributed by atoms with Crippen LogP contribution in [0, 0.1) is 16.4 Å². The van der Waals surface area contributed by atoms with Gasteiger partial charge in [0, 0.05) is 23.5 Å². The van der Waals surface area contributed by atoms with Gasteiger partial charge in [0.1, 0.15) is 11.6 Å². The number of hydrogen-bond donors (Lipinski definition) is 1. The van der Waals surface area contributed by atoms with Crippen LogP contribution < -0.4 is 0 Å². The zero-order chi connectivity index (χ0) is 14.8. The highest BCUT2D eigenvalue weighted by Gasteiger charge is 2.12. The van der Waals surface area contributed by atoms with Crippen molar-refractivity contribution in [2.45, 2.75) is 6.54 Å². The quantitative estimate of drug-likeness (QED) is 0.755. The highest BCUT2D eigenvalue weighted by atomic mass is 32.1. The highest BCUT2D eigenvalue weighted by Crippen LogP contribution is 2.19. The summed E-state index contributed by atoms with van der Waals surface area (Å²) in [6, 6.07) is 6.87. The topological polar surface area (TPSA) is 46.5 Å². The van der Waals surface area contributed by atoms with E-state index >= 15 is 0 Å². The maximum Gasteiger partial charge on any atom is 0.195 e. The number of hydrogen-bond acceptors (Lipinski definition) is 3. The van der Waals surface area contributed by atoms with Crippen molar-refractivity contribution in [3.05, 3.63) is 64.7 Å². The maximum atomic E-state index is 13.8. The van der Waals surface area contributed by atoms with Gasteiger partial charge < -0.3 is 0 Å². The van der Waals surface area contributed by atoms with E-state index in [1.54, 1.807) is 29.1 Å². The lowest BCUT2D eigenvalue weighted by Gasteiger charge is -2.08. The van der Waals surface area contributed by atoms with Crippen molar-refractivity contribution in [3.8, 4) is 11.4 Å². The highest BCUT2D eigenvalue weighted by molar-refractivity contribution is 7.71. The number of benzene rings is 1. The summed E-state index contributed by atoms with van der Waals surface area (Å²) in [5.74, 6) is -0.432. The van der Waals surface area contributed by atoms with Crippen molar-refractivity contribution >= 4 is 12.2 Å². The van der Waals surface area contributed by atoms with Crippen LogP contribution in [0.4, 0.5) is 8.78 Å². The minimum atomic E-state index is -0.494. The molecular weight excluding hydrogens is 294 g/mol. The molecule has 0 aliphatic carbocycles. The average molecular weight is 304 g/mol. The van der Waals surface area contributed by atoms with Gasteiger partial charge in [0.05, 0.1) is 6.54 Å². The molecule has 1 aromatic carbocycles. The molecule has 0 radical (unpaired) electrons. The Hall–Kier alpha value is -2.41. The molecule has 0 unspecified atom stereocenters. The zero-order valence-corrected chi connectivity index (χ0v) is 11.6. The summed E-state index contributed by atoms with van der Waals surface area (Å²) in [5, 5.41) is 6.81. The van der Waals surface area contributed by atoms with Crippen LogP contribution in [0.25, 0.3) is 11.4 Å². The smallest absolute Gasteiger partial charge is 0.195 e. The van der Waals surface area contributed by atoms with Gasteiger partial charge >= 0.3 is 0 Å². The molecule has 0 aliphatic rings. The molecular formula is C14H10F2N4S. The molecule has 0 fully saturated rings. The van der Waals surface area contributed by atoms with Crippen molar-refractivity contribution in [2.24, 2.45) is 0 Å². The predicted molar refractivity (Wildman–Crippen MR) is 76.1 cm³/mol. The normalized spacial score (nSPS) is 10.8. The van der Waals surface area contributed by atoms with Crippen molar-refractivity contribution < 1.29 is 8.78 Å². The van der Waals surface area contributed by atoms with Crippen LogP contribution in [0.3, 0.4) is 0 Å². The lowest BCUT2D eigenvalue weighted by Crippen LogP contribution is -2.05. The number of aromatic nitrogens is 4. The van der Waals surface area contributed by atoms with Crippen LogP contribution in [0.5, 0.6) is 0 Å². The Kier molecular flexibility index (Phi) is 3.57. The van der Waals surface area contributed by atoms with E-state index in [1.165, 1.54) is 0 Å². The summed E-state index contributed by atoms with van der Waals surface area (Å²) in [4.78, 5) is 3.93. The molecule has 3 rings (SSSR count). The summed E-state index contributed by atoms with van der Waals surface area (Å²) < 4.78 is 29.0. The van der Waals surface area contributed by atoms with E-state index in [1.807, 2.05) is 0 Å². The number of aromatic amines is 1. The first-order chi connectivity index (χ1) is 10.1. The molecule has 2 heterocycles. The molecule has 1 N–H and O–H groups in total. The lowest BCUT2D eigenvalue weighted by molar-refractivity contribution is 0.576. The minimum absolute atomic E-state index is 0.0938. The third-order valence-corrected chi connectivity index (χ3v) is 3.34. The third-order valence-electron chi connectivity index (χ3n) is 3.03. The molecule has 3 aromatic rings. The van der Waals surface area contributed by atoms with Crippen molar-refractivity contribution in [1.82, 2.24) is 19.7 Å². The van der Waals surface area contributed by atoms with Gasteiger partial charge in [-0.2, -0.15) is 5.10 Å². The Labute approximate surface area is 124 Å². The van der Waals surface area contributed by atoms with E-state index in [-0.39, 0.29) is 12.1 Å². The number of H-pyrrole nitrogens is 1. The lowest BCUT2D eigenvalue weighted by atomic mass is 10.2. The molecule has 0 spiro atoms. The second-order valence-corrected chi connectivity index (χ2v) is 4.80. The standard InChI is InChI=1S/C14H10F2N4S/c15-11-1-2-12(16)10(7-11)8-20-13(18-19-14(20)21)9-3-5-17-6-4-9/h1-7H,8H2,(H,19,21). The van der Waals surface area contributed by atoms with E-state index in [4.69, 9.17) is 12.2 Å². The van der Waals surface area contributed by atoms with E-state index < -0.39 is 11.6 Å². The van der Waals surface area contributed by atoms with Crippen molar-refractivity contribution in [3.63, 3.8) is 0 Å². The molecule has 0 saturated heterocycles. The molecule has 0 aliphatic heterocycles. The first-order valence-corrected chi connectivity index (χ1v) is 6.55. The Morgan fingerprint density at radius 2 is 1.90 bits per heavy atom. The van der Waals surface area contributed by atoms with Gasteiger partial charge in [0.2, 0.25) is 0 Å². The fourth-order valence-corrected chi connectivity index (χ4v) is 2.22. The number of rotatable bonds is 3. The number of pyridine rings is 1. The van der Waals surface area contributed by atoms with Gasteiger partial charge in [-0.15, -0.1) is 0 Å². The molecule has 0 bridgehead atoms. The summed E-state index contributed by atoms with van der Waals surface area (Å²) in [6.07, 6.45) is 3.25. The van der Waals surface area contributed by atoms with Crippen molar-refractivity contribution in [1.29, 1.82) is 0 Å². The van der Waals surface area contributed by atoms with Gasteiger partial charge in [-0.05, 0) is 42.5 Å². The van der Waals surface area contributed by atoms with Crippen LogP contribution >= 0.6 is 12.2 Å². The van der Waals surface area contributed by atoms with Crippen LogP contribution in [-0.4, -0.2) is 19.7 Å². The monoisotopic (exact) mass is 304 g/mol. The summed E-state index contributed by atoms with van der Waals surface area (Å²) in [6.45, 7) is 0.0938. The van der Waals surface area contributed by atoms with Crippen LogP contribution in [0.2, 0.25) is 0 Å². The first-order valence-electron chi connectivity index (χ1n) is 6.14. The molecule has 0 amide bonds. The van der Waals surface area contributed by atoms with Crippen molar-refractivity contribution in [2.75, 3.05) is 0 Å². The third kappa shape index (κ3) is 2.73. The molecule has 0 saturated carbocycles. The Bertz CT molecular complexity index is 826. The van der Waals surface area contributed by atoms with Crippen LogP contribution in [0.15, 0.2) is 42.7 Å². The number of nitrogens with one attached hydrogen (secondary N) is 1. The number of halogens is 2. The molecule has 21 heavy (non-hydrogen) atoms. The van der Waals surface area contributed by atoms with Gasteiger partial charge in [-0.1, -0.05) is 0 Å². The van der Waals surface area contributed by atoms with Crippen LogP contribution in [0.1, 0.15) is 5.56 Å². The summed E-state index contributed by atoms with van der Waals surface area (Å²) >= 11 is 5.16. The Morgan fingerprint density at radius 3 is 2.67 bits per heavy atom. The predicted octanol–water partition coefficient (Wildman–Crippen LogP) is 3.33. The van der Waals surface area contributed by atoms with E-state index in [2.05, 4.69) is 15.2 Å². The molecule has 7 heteroatoms. The SMILES string of the molecule is Fc1ccc(F)c(Cn2c(-c3ccncc3)n[nH]c2=S)c1. The van der Waals surface area contributed by atoms with E-state index in [0.29, 0.717) is 10.6 Å². The van der Waals surface area contributed by atoms with E-state index in [9.17, 15) is 8.78 Å². The zero-order valence-electron chi connectivity index (χ0n) is 10.8.